The first-order valence-electron chi connectivity index (χ1n) is 15.5. The fraction of sp³-hybridized carbons (Fsp3) is 0.467. The van der Waals surface area contributed by atoms with Crippen LogP contribution in [0, 0.1) is 0 Å². The van der Waals surface area contributed by atoms with Crippen LogP contribution < -0.4 is 20.7 Å². The van der Waals surface area contributed by atoms with Gasteiger partial charge in [0.15, 0.2) is 5.70 Å². The maximum absolute atomic E-state index is 14.0. The van der Waals surface area contributed by atoms with Gasteiger partial charge in [-0.1, -0.05) is 18.5 Å². The number of nitrogens with one attached hydrogen (secondary N) is 1. The Morgan fingerprint density at radius 2 is 1.86 bits per heavy atom. The summed E-state index contributed by atoms with van der Waals surface area (Å²) in [5.41, 5.74) is -0.720. The standard InChI is InChI=1S/C30H34ClF3N10O5/c1-4-20-25(40-7-9-41(10-8-40)26(47)24-21(45)14-42-11-12-49-16-22(42)36-24)27(48)44-29(37-28(38-44)39(2)3)43(20)15-23(46)35-19-6-5-17(13-18(19)31)30(32,33)34/h5-6,13,45H,4,7-12,14-16H2,1-3H3,(H,35,46). The number of fused-ring (bicyclic) bond motifs is 2. The van der Waals surface area contributed by atoms with E-state index in [4.69, 9.17) is 16.3 Å². The third kappa shape index (κ3) is 6.61. The van der Waals surface area contributed by atoms with Gasteiger partial charge in [-0.05, 0) is 24.6 Å². The van der Waals surface area contributed by atoms with E-state index in [1.165, 1.54) is 0 Å². The smallest absolute Gasteiger partial charge is 0.416 e. The molecule has 3 aliphatic heterocycles. The molecule has 2 N–H and O–H groups in total. The van der Waals surface area contributed by atoms with Gasteiger partial charge in [0.1, 0.15) is 30.4 Å². The Hall–Kier alpha value is -4.84. The van der Waals surface area contributed by atoms with Crippen LogP contribution in [0.3, 0.4) is 0 Å². The molecule has 3 aromatic rings. The summed E-state index contributed by atoms with van der Waals surface area (Å²) in [5, 5.41) is 17.3. The van der Waals surface area contributed by atoms with E-state index < -0.39 is 29.1 Å². The van der Waals surface area contributed by atoms with E-state index in [-0.39, 0.29) is 85.5 Å². The summed E-state index contributed by atoms with van der Waals surface area (Å²) in [5.74, 6) is -0.265. The number of anilines is 3. The monoisotopic (exact) mass is 706 g/mol. The Labute approximate surface area is 282 Å². The Morgan fingerprint density at radius 1 is 1.12 bits per heavy atom. The van der Waals surface area contributed by atoms with Crippen molar-refractivity contribution in [1.29, 1.82) is 0 Å². The average molecular weight is 707 g/mol. The number of halogens is 4. The van der Waals surface area contributed by atoms with Crippen LogP contribution in [0.25, 0.3) is 5.78 Å². The molecule has 0 atom stereocenters. The summed E-state index contributed by atoms with van der Waals surface area (Å²) in [6.45, 7) is 3.89. The molecule has 5 heterocycles. The van der Waals surface area contributed by atoms with E-state index in [0.29, 0.717) is 31.1 Å². The predicted octanol–water partition coefficient (Wildman–Crippen LogP) is 1.99. The molecular weight excluding hydrogens is 673 g/mol. The number of hydrogen-bond donors (Lipinski definition) is 2. The van der Waals surface area contributed by atoms with Crippen LogP contribution in [0.5, 0.6) is 0 Å². The number of carbonyl (C=O) groups excluding carboxylic acids is 2. The van der Waals surface area contributed by atoms with Crippen LogP contribution in [0.2, 0.25) is 5.02 Å². The Bertz CT molecular complexity index is 1930. The SMILES string of the molecule is CCc1c(N2CCN(C(=O)C3=C(O)CN4CCOCC4=N3)CC2)c(=O)n2nc(N(C)C)nc2n1CC(=O)Nc1ccc(C(F)(F)F)cc1Cl. The fourth-order valence-electron chi connectivity index (χ4n) is 5.97. The molecule has 49 heavy (non-hydrogen) atoms. The van der Waals surface area contributed by atoms with Gasteiger partial charge < -0.3 is 39.3 Å². The lowest BCUT2D eigenvalue weighted by molar-refractivity contribution is -0.137. The maximum Gasteiger partial charge on any atom is 0.416 e. The van der Waals surface area contributed by atoms with Crippen LogP contribution in [-0.2, 0) is 33.5 Å². The number of rotatable bonds is 7. The van der Waals surface area contributed by atoms with Gasteiger partial charge in [-0.25, -0.2) is 4.99 Å². The minimum absolute atomic E-state index is 0.0146. The molecule has 0 aliphatic carbocycles. The van der Waals surface area contributed by atoms with Gasteiger partial charge in [-0.3, -0.25) is 14.4 Å². The number of aliphatic imine (C=N–C) groups is 1. The van der Waals surface area contributed by atoms with Crippen molar-refractivity contribution in [1.82, 2.24) is 29.0 Å². The minimum Gasteiger partial charge on any atom is -0.508 e. The van der Waals surface area contributed by atoms with Crippen LogP contribution in [0.15, 0.2) is 39.4 Å². The number of aliphatic hydroxyl groups excluding tert-OH is 1. The molecule has 2 aromatic heterocycles. The molecule has 2 fully saturated rings. The lowest BCUT2D eigenvalue weighted by atomic mass is 10.2. The summed E-state index contributed by atoms with van der Waals surface area (Å²) in [4.78, 5) is 56.5. The molecule has 0 bridgehead atoms. The average Bonchev–Trinajstić information content (AvgIpc) is 3.52. The van der Waals surface area contributed by atoms with Crippen LogP contribution >= 0.6 is 11.6 Å². The highest BCUT2D eigenvalue weighted by Crippen LogP contribution is 2.34. The van der Waals surface area contributed by atoms with Gasteiger partial charge in [0.25, 0.3) is 11.5 Å². The van der Waals surface area contributed by atoms with Crippen molar-refractivity contribution in [2.45, 2.75) is 26.1 Å². The summed E-state index contributed by atoms with van der Waals surface area (Å²) in [7, 11) is 3.40. The van der Waals surface area contributed by atoms with Crippen molar-refractivity contribution in [2.75, 3.05) is 81.7 Å². The van der Waals surface area contributed by atoms with E-state index in [9.17, 15) is 32.7 Å². The number of hydrogen-bond acceptors (Lipinski definition) is 11. The van der Waals surface area contributed by atoms with Crippen molar-refractivity contribution >= 4 is 52.4 Å². The Kier molecular flexibility index (Phi) is 9.19. The number of benzene rings is 1. The van der Waals surface area contributed by atoms with E-state index in [1.54, 1.807) is 28.5 Å². The third-order valence-corrected chi connectivity index (χ3v) is 8.78. The Morgan fingerprint density at radius 3 is 2.51 bits per heavy atom. The first-order valence-corrected chi connectivity index (χ1v) is 15.9. The summed E-state index contributed by atoms with van der Waals surface area (Å²) < 4.78 is 47.5. The van der Waals surface area contributed by atoms with Crippen LogP contribution in [0.4, 0.5) is 30.5 Å². The van der Waals surface area contributed by atoms with E-state index in [0.717, 1.165) is 22.7 Å². The lowest BCUT2D eigenvalue weighted by Gasteiger charge is -2.38. The molecule has 15 nitrogen and oxygen atoms in total. The van der Waals surface area contributed by atoms with Gasteiger partial charge in [0.2, 0.25) is 17.6 Å². The number of nitrogens with zero attached hydrogens (tertiary/aromatic N) is 9. The number of amides is 2. The molecule has 19 heteroatoms. The predicted molar refractivity (Wildman–Crippen MR) is 174 cm³/mol. The van der Waals surface area contributed by atoms with Gasteiger partial charge in [0.05, 0.1) is 35.1 Å². The molecular formula is C30H34ClF3N10O5. The summed E-state index contributed by atoms with van der Waals surface area (Å²) >= 11 is 6.08. The van der Waals surface area contributed by atoms with Gasteiger partial charge in [0, 0.05) is 46.8 Å². The van der Waals surface area contributed by atoms with Crippen LogP contribution in [0.1, 0.15) is 18.2 Å². The number of amidine groups is 1. The third-order valence-electron chi connectivity index (χ3n) is 8.46. The quantitative estimate of drug-likeness (QED) is 0.373. The Balaban J connectivity index is 1.28. The highest BCUT2D eigenvalue weighted by molar-refractivity contribution is 6.33. The zero-order chi connectivity index (χ0) is 35.2. The molecule has 2 amide bonds. The van der Waals surface area contributed by atoms with Gasteiger partial charge >= 0.3 is 6.18 Å². The number of carbonyl (C=O) groups is 2. The molecule has 0 radical (unpaired) electrons. The molecule has 2 saturated heterocycles. The van der Waals surface area contributed by atoms with Crippen molar-refractivity contribution in [3.8, 4) is 0 Å². The summed E-state index contributed by atoms with van der Waals surface area (Å²) in [6, 6.07) is 2.63. The van der Waals surface area contributed by atoms with Crippen molar-refractivity contribution < 1.29 is 32.6 Å². The van der Waals surface area contributed by atoms with Gasteiger partial charge in [-0.15, -0.1) is 5.10 Å². The largest absolute Gasteiger partial charge is 0.508 e. The maximum atomic E-state index is 14.0. The molecule has 3 aliphatic rings. The number of alkyl halides is 3. The second-order valence-corrected chi connectivity index (χ2v) is 12.3. The molecule has 0 unspecified atom stereocenters. The van der Waals surface area contributed by atoms with Crippen molar-refractivity contribution in [2.24, 2.45) is 4.99 Å². The first-order chi connectivity index (χ1) is 23.3. The number of aliphatic hydroxyl groups is 1. The molecule has 6 rings (SSSR count). The second kappa shape index (κ2) is 13.2. The zero-order valence-corrected chi connectivity index (χ0v) is 27.7. The topological polar surface area (TPSA) is 153 Å². The minimum atomic E-state index is -4.60. The van der Waals surface area contributed by atoms with Gasteiger partial charge in [-0.2, -0.15) is 22.7 Å². The normalized spacial score (nSPS) is 17.0. The second-order valence-electron chi connectivity index (χ2n) is 11.9. The van der Waals surface area contributed by atoms with E-state index in [2.05, 4.69) is 20.4 Å². The molecule has 1 aromatic carbocycles. The number of morpholine rings is 1. The van der Waals surface area contributed by atoms with E-state index in [1.807, 2.05) is 16.7 Å². The molecule has 0 spiro atoms. The van der Waals surface area contributed by atoms with E-state index >= 15 is 0 Å². The fourth-order valence-corrected chi connectivity index (χ4v) is 6.20. The highest BCUT2D eigenvalue weighted by atomic mass is 35.5. The lowest BCUT2D eigenvalue weighted by Crippen LogP contribution is -2.52. The molecule has 262 valence electrons. The molecule has 0 saturated carbocycles. The number of ether oxygens (including phenoxy) is 1. The number of aromatic nitrogens is 4. The first kappa shape index (κ1) is 34.0. The van der Waals surface area contributed by atoms with Crippen molar-refractivity contribution in [3.05, 3.63) is 56.3 Å². The van der Waals surface area contributed by atoms with Crippen LogP contribution in [-0.4, -0.2) is 118 Å². The van der Waals surface area contributed by atoms with Crippen molar-refractivity contribution in [3.63, 3.8) is 0 Å². The highest BCUT2D eigenvalue weighted by Gasteiger charge is 2.34. The zero-order valence-electron chi connectivity index (χ0n) is 26.9. The number of piperazine rings is 1. The summed E-state index contributed by atoms with van der Waals surface area (Å²) in [6.07, 6.45) is -4.30.